The van der Waals surface area contributed by atoms with Crippen molar-refractivity contribution in [2.24, 2.45) is 5.41 Å². The zero-order valence-corrected chi connectivity index (χ0v) is 11.0. The Hall–Kier alpha value is -1.84. The molecule has 0 amide bonds. The first-order valence-corrected chi connectivity index (χ1v) is 6.26. The molecule has 20 heavy (non-hydrogen) atoms. The van der Waals surface area contributed by atoms with E-state index in [1.54, 1.807) is 4.90 Å². The third kappa shape index (κ3) is 2.55. The Balaban J connectivity index is 2.13. The third-order valence-electron chi connectivity index (χ3n) is 3.58. The largest absolute Gasteiger partial charge is 0.396 e. The molecule has 0 saturated carbocycles. The van der Waals surface area contributed by atoms with Gasteiger partial charge in [-0.05, 0) is 6.42 Å². The van der Waals surface area contributed by atoms with Gasteiger partial charge in [0.2, 0.25) is 5.95 Å². The van der Waals surface area contributed by atoms with Crippen molar-refractivity contribution in [2.75, 3.05) is 49.0 Å². The van der Waals surface area contributed by atoms with Gasteiger partial charge in [0, 0.05) is 12.0 Å². The summed E-state index contributed by atoms with van der Waals surface area (Å²) in [6.45, 7) is -0.165. The van der Waals surface area contributed by atoms with E-state index >= 15 is 0 Å². The van der Waals surface area contributed by atoms with Crippen molar-refractivity contribution in [2.45, 2.75) is 6.42 Å². The van der Waals surface area contributed by atoms with Crippen LogP contribution in [0.15, 0.2) is 4.79 Å². The molecule has 2 rings (SSSR count). The molecule has 0 aromatic carbocycles. The van der Waals surface area contributed by atoms with Crippen LogP contribution in [0.1, 0.15) is 6.42 Å². The van der Waals surface area contributed by atoms with E-state index in [2.05, 4.69) is 15.3 Å². The molecule has 0 bridgehead atoms. The van der Waals surface area contributed by atoms with Crippen molar-refractivity contribution in [3.8, 4) is 0 Å². The molecular formula is C11H19N5O4. The maximum absolute atomic E-state index is 11.7. The number of nitrogen functional groups attached to an aromatic ring is 1. The summed E-state index contributed by atoms with van der Waals surface area (Å²) >= 11 is 0. The van der Waals surface area contributed by atoms with E-state index in [0.29, 0.717) is 31.1 Å². The van der Waals surface area contributed by atoms with Gasteiger partial charge in [-0.1, -0.05) is 0 Å². The van der Waals surface area contributed by atoms with E-state index < -0.39 is 5.41 Å². The molecule has 0 aliphatic carbocycles. The van der Waals surface area contributed by atoms with Crippen molar-refractivity contribution in [1.29, 1.82) is 0 Å². The Morgan fingerprint density at radius 3 is 2.55 bits per heavy atom. The molecule has 0 spiro atoms. The number of rotatable bonds is 6. The summed E-state index contributed by atoms with van der Waals surface area (Å²) in [7, 11) is 0. The minimum Gasteiger partial charge on any atom is -0.396 e. The molecule has 0 radical (unpaired) electrons. The Morgan fingerprint density at radius 2 is 1.95 bits per heavy atom. The summed E-state index contributed by atoms with van der Waals surface area (Å²) in [5.74, 6) is 0.467. The van der Waals surface area contributed by atoms with Crippen LogP contribution < -0.4 is 21.5 Å². The highest BCUT2D eigenvalue weighted by atomic mass is 16.3. The maximum atomic E-state index is 11.7. The summed E-state index contributed by atoms with van der Waals surface area (Å²) in [5, 5.41) is 30.8. The summed E-state index contributed by atoms with van der Waals surface area (Å²) in [5.41, 5.74) is 4.57. The zero-order chi connectivity index (χ0) is 14.8. The number of anilines is 3. The van der Waals surface area contributed by atoms with Crippen LogP contribution in [0.5, 0.6) is 0 Å². The fourth-order valence-electron chi connectivity index (χ4n) is 2.06. The Morgan fingerprint density at radius 1 is 1.30 bits per heavy atom. The Kier molecular flexibility index (Phi) is 4.12. The van der Waals surface area contributed by atoms with E-state index in [0.717, 1.165) is 0 Å². The minimum absolute atomic E-state index is 0.0280. The van der Waals surface area contributed by atoms with E-state index in [1.165, 1.54) is 0 Å². The highest BCUT2D eigenvalue weighted by Gasteiger charge is 2.31. The molecule has 1 aliphatic heterocycles. The fraction of sp³-hybridized carbons (Fsp3) is 0.636. The minimum atomic E-state index is -0.949. The normalized spacial score (nSPS) is 14.2. The summed E-state index contributed by atoms with van der Waals surface area (Å²) in [6.07, 6.45) is 0.353. The predicted molar refractivity (Wildman–Crippen MR) is 73.4 cm³/mol. The van der Waals surface area contributed by atoms with Crippen LogP contribution in [-0.4, -0.2) is 58.3 Å². The highest BCUT2D eigenvalue weighted by molar-refractivity contribution is 5.70. The quantitative estimate of drug-likeness (QED) is 0.348. The van der Waals surface area contributed by atoms with E-state index in [9.17, 15) is 20.1 Å². The number of aliphatic hydroxyl groups excluding tert-OH is 3. The van der Waals surface area contributed by atoms with Gasteiger partial charge in [-0.3, -0.25) is 9.78 Å². The molecule has 1 aromatic rings. The number of H-pyrrole nitrogens is 1. The monoisotopic (exact) mass is 285 g/mol. The Bertz CT molecular complexity index is 520. The molecule has 112 valence electrons. The second-order valence-corrected chi connectivity index (χ2v) is 4.97. The van der Waals surface area contributed by atoms with Gasteiger partial charge < -0.3 is 31.3 Å². The molecular weight excluding hydrogens is 266 g/mol. The number of fused-ring (bicyclic) bond motifs is 1. The smallest absolute Gasteiger partial charge is 0.277 e. The van der Waals surface area contributed by atoms with E-state index in [4.69, 9.17) is 5.73 Å². The standard InChI is InChI=1S/C11H19N5O4/c12-10-14-8-7(9(20)15-10)13-6-16(8)2-1-11(3-17,4-18)5-19/h13,17-19H,1-6H2,(H3,12,14,15,20). The van der Waals surface area contributed by atoms with Crippen LogP contribution in [0.2, 0.25) is 0 Å². The van der Waals surface area contributed by atoms with Crippen molar-refractivity contribution >= 4 is 17.5 Å². The predicted octanol–water partition coefficient (Wildman–Crippen LogP) is -2.11. The first-order valence-electron chi connectivity index (χ1n) is 6.26. The molecule has 2 heterocycles. The summed E-state index contributed by atoms with van der Waals surface area (Å²) < 4.78 is 0. The van der Waals surface area contributed by atoms with Crippen molar-refractivity contribution < 1.29 is 15.3 Å². The van der Waals surface area contributed by atoms with Gasteiger partial charge in [0.15, 0.2) is 5.82 Å². The van der Waals surface area contributed by atoms with Gasteiger partial charge in [0.25, 0.3) is 5.56 Å². The van der Waals surface area contributed by atoms with Gasteiger partial charge in [-0.25, -0.2) is 0 Å². The lowest BCUT2D eigenvalue weighted by Crippen LogP contribution is -2.38. The van der Waals surface area contributed by atoms with E-state index in [-0.39, 0.29) is 31.3 Å². The maximum Gasteiger partial charge on any atom is 0.277 e. The number of hydrogen-bond acceptors (Lipinski definition) is 8. The second-order valence-electron chi connectivity index (χ2n) is 4.97. The van der Waals surface area contributed by atoms with Gasteiger partial charge >= 0.3 is 0 Å². The van der Waals surface area contributed by atoms with Crippen LogP contribution >= 0.6 is 0 Å². The number of nitrogens with zero attached hydrogens (tertiary/aromatic N) is 2. The van der Waals surface area contributed by atoms with Crippen molar-refractivity contribution in [3.63, 3.8) is 0 Å². The molecule has 1 aliphatic rings. The van der Waals surface area contributed by atoms with Crippen LogP contribution in [-0.2, 0) is 0 Å². The van der Waals surface area contributed by atoms with E-state index in [1.807, 2.05) is 0 Å². The lowest BCUT2D eigenvalue weighted by atomic mass is 9.87. The number of aliphatic hydroxyl groups is 3. The topological polar surface area (TPSA) is 148 Å². The SMILES string of the molecule is Nc1nc2c(c(=O)[nH]1)NCN2CCC(CO)(CO)CO. The number of nitrogens with two attached hydrogens (primary N) is 1. The first-order chi connectivity index (χ1) is 9.55. The van der Waals surface area contributed by atoms with Gasteiger partial charge in [-0.15, -0.1) is 0 Å². The molecule has 0 fully saturated rings. The van der Waals surface area contributed by atoms with Crippen molar-refractivity contribution in [1.82, 2.24) is 9.97 Å². The molecule has 0 atom stereocenters. The number of hydrogen-bond donors (Lipinski definition) is 6. The second kappa shape index (κ2) is 5.65. The van der Waals surface area contributed by atoms with Crippen LogP contribution in [0, 0.1) is 5.41 Å². The lowest BCUT2D eigenvalue weighted by Gasteiger charge is -2.29. The first kappa shape index (κ1) is 14.6. The summed E-state index contributed by atoms with van der Waals surface area (Å²) in [6, 6.07) is 0. The van der Waals surface area contributed by atoms with Crippen LogP contribution in [0.25, 0.3) is 0 Å². The van der Waals surface area contributed by atoms with Crippen molar-refractivity contribution in [3.05, 3.63) is 10.4 Å². The van der Waals surface area contributed by atoms with Crippen LogP contribution in [0.3, 0.4) is 0 Å². The Labute approximate surface area is 115 Å². The molecule has 7 N–H and O–H groups in total. The lowest BCUT2D eigenvalue weighted by molar-refractivity contribution is 0.00104. The molecule has 1 aromatic heterocycles. The summed E-state index contributed by atoms with van der Waals surface area (Å²) in [4.78, 5) is 19.9. The average molecular weight is 285 g/mol. The number of aromatic amines is 1. The highest BCUT2D eigenvalue weighted by Crippen LogP contribution is 2.28. The number of aromatic nitrogens is 2. The molecule has 9 nitrogen and oxygen atoms in total. The zero-order valence-electron chi connectivity index (χ0n) is 11.0. The fourth-order valence-corrected chi connectivity index (χ4v) is 2.06. The van der Waals surface area contributed by atoms with Crippen LogP contribution in [0.4, 0.5) is 17.5 Å². The molecule has 0 saturated heterocycles. The van der Waals surface area contributed by atoms with Gasteiger partial charge in [0.1, 0.15) is 5.69 Å². The molecule has 9 heteroatoms. The third-order valence-corrected chi connectivity index (χ3v) is 3.58. The molecule has 0 unspecified atom stereocenters. The van der Waals surface area contributed by atoms with Gasteiger partial charge in [-0.2, -0.15) is 4.98 Å². The van der Waals surface area contributed by atoms with Gasteiger partial charge in [0.05, 0.1) is 26.5 Å². The average Bonchev–Trinajstić information content (AvgIpc) is 2.84. The number of nitrogens with one attached hydrogen (secondary N) is 2.